The summed E-state index contributed by atoms with van der Waals surface area (Å²) in [4.78, 5) is 27.0. The predicted octanol–water partition coefficient (Wildman–Crippen LogP) is 3.51. The minimum Gasteiger partial charge on any atom is -0.490 e. The molecule has 30 heavy (non-hydrogen) atoms. The number of fused-ring (bicyclic) bond motifs is 1. The molecule has 0 radical (unpaired) electrons. The van der Waals surface area contributed by atoms with Crippen LogP contribution in [0.25, 0.3) is 0 Å². The lowest BCUT2D eigenvalue weighted by Crippen LogP contribution is -2.48. The van der Waals surface area contributed by atoms with Crippen LogP contribution >= 0.6 is 0 Å². The highest BCUT2D eigenvalue weighted by Crippen LogP contribution is 2.33. The van der Waals surface area contributed by atoms with Gasteiger partial charge in [0, 0.05) is 25.1 Å². The molecule has 0 unspecified atom stereocenters. The van der Waals surface area contributed by atoms with Crippen molar-refractivity contribution in [3.8, 4) is 11.5 Å². The van der Waals surface area contributed by atoms with E-state index in [1.807, 2.05) is 63.2 Å². The molecule has 0 bridgehead atoms. The molecule has 1 N–H and O–H groups in total. The van der Waals surface area contributed by atoms with Gasteiger partial charge in [0.15, 0.2) is 11.5 Å². The largest absolute Gasteiger partial charge is 0.490 e. The fraction of sp³-hybridized carbons (Fsp3) is 0.417. The molecule has 2 aromatic rings. The number of para-hydroxylation sites is 1. The SMILES string of the molecule is CCOc1ccc(CCNC(=O)[C@@H]2Cc3ccccc3N2C(=O)CC)cc1OCC. The quantitative estimate of drug-likeness (QED) is 0.687. The average molecular weight is 411 g/mol. The molecule has 1 aliphatic heterocycles. The number of benzene rings is 2. The van der Waals surface area contributed by atoms with E-state index in [-0.39, 0.29) is 11.8 Å². The van der Waals surface area contributed by atoms with Crippen LogP contribution in [0.15, 0.2) is 42.5 Å². The standard InChI is InChI=1S/C24H30N2O4/c1-4-23(27)26-19-10-8-7-9-18(19)16-20(26)24(28)25-14-13-17-11-12-21(29-5-2)22(15-17)30-6-3/h7-12,15,20H,4-6,13-14,16H2,1-3H3,(H,25,28)/t20-/m0/s1. The van der Waals surface area contributed by atoms with Gasteiger partial charge >= 0.3 is 0 Å². The summed E-state index contributed by atoms with van der Waals surface area (Å²) >= 11 is 0. The molecule has 6 heteroatoms. The summed E-state index contributed by atoms with van der Waals surface area (Å²) in [6.45, 7) is 7.31. The second-order valence-electron chi connectivity index (χ2n) is 7.15. The normalized spacial score (nSPS) is 14.9. The van der Waals surface area contributed by atoms with E-state index in [0.29, 0.717) is 44.8 Å². The lowest BCUT2D eigenvalue weighted by Gasteiger charge is -2.24. The van der Waals surface area contributed by atoms with Crippen molar-refractivity contribution >= 4 is 17.5 Å². The Bertz CT molecular complexity index is 897. The Hall–Kier alpha value is -3.02. The van der Waals surface area contributed by atoms with Crippen LogP contribution in [-0.4, -0.2) is 37.6 Å². The molecule has 0 aromatic heterocycles. The number of amides is 2. The van der Waals surface area contributed by atoms with Crippen LogP contribution in [0, 0.1) is 0 Å². The van der Waals surface area contributed by atoms with Gasteiger partial charge in [-0.05, 0) is 49.6 Å². The lowest BCUT2D eigenvalue weighted by molar-refractivity contribution is -0.126. The minimum absolute atomic E-state index is 0.0343. The Morgan fingerprint density at radius 1 is 1.03 bits per heavy atom. The zero-order chi connectivity index (χ0) is 21.5. The van der Waals surface area contributed by atoms with Gasteiger partial charge < -0.3 is 14.8 Å². The Morgan fingerprint density at radius 3 is 2.50 bits per heavy atom. The van der Waals surface area contributed by atoms with Crippen molar-refractivity contribution in [1.29, 1.82) is 0 Å². The van der Waals surface area contributed by atoms with E-state index in [0.717, 1.165) is 22.6 Å². The molecule has 0 spiro atoms. The molecule has 0 aliphatic carbocycles. The van der Waals surface area contributed by atoms with Crippen molar-refractivity contribution in [3.05, 3.63) is 53.6 Å². The average Bonchev–Trinajstić information content (AvgIpc) is 3.15. The smallest absolute Gasteiger partial charge is 0.243 e. The van der Waals surface area contributed by atoms with Crippen LogP contribution in [0.2, 0.25) is 0 Å². The first-order chi connectivity index (χ1) is 14.6. The highest BCUT2D eigenvalue weighted by Gasteiger charge is 2.37. The Balaban J connectivity index is 1.63. The van der Waals surface area contributed by atoms with E-state index < -0.39 is 6.04 Å². The van der Waals surface area contributed by atoms with Crippen LogP contribution in [0.5, 0.6) is 11.5 Å². The zero-order valence-electron chi connectivity index (χ0n) is 17.9. The summed E-state index contributed by atoms with van der Waals surface area (Å²) in [6, 6.07) is 13.1. The van der Waals surface area contributed by atoms with E-state index in [2.05, 4.69) is 5.32 Å². The van der Waals surface area contributed by atoms with Crippen LogP contribution in [0.3, 0.4) is 0 Å². The monoisotopic (exact) mass is 410 g/mol. The van der Waals surface area contributed by atoms with Crippen LogP contribution < -0.4 is 19.7 Å². The number of anilines is 1. The van der Waals surface area contributed by atoms with Crippen LogP contribution in [0.4, 0.5) is 5.69 Å². The van der Waals surface area contributed by atoms with E-state index in [9.17, 15) is 9.59 Å². The highest BCUT2D eigenvalue weighted by molar-refractivity contribution is 6.03. The molecular formula is C24H30N2O4. The molecular weight excluding hydrogens is 380 g/mol. The number of ether oxygens (including phenoxy) is 2. The van der Waals surface area contributed by atoms with Gasteiger partial charge in [0.2, 0.25) is 11.8 Å². The van der Waals surface area contributed by atoms with E-state index in [1.165, 1.54) is 0 Å². The van der Waals surface area contributed by atoms with Gasteiger partial charge in [-0.15, -0.1) is 0 Å². The molecule has 1 atom stereocenters. The highest BCUT2D eigenvalue weighted by atomic mass is 16.5. The maximum absolute atomic E-state index is 12.9. The third kappa shape index (κ3) is 4.75. The van der Waals surface area contributed by atoms with Gasteiger partial charge in [-0.2, -0.15) is 0 Å². The number of hydrogen-bond donors (Lipinski definition) is 1. The number of rotatable bonds is 9. The molecule has 2 amide bonds. The van der Waals surface area contributed by atoms with E-state index in [4.69, 9.17) is 9.47 Å². The third-order valence-corrected chi connectivity index (χ3v) is 5.17. The second kappa shape index (κ2) is 10.1. The van der Waals surface area contributed by atoms with E-state index in [1.54, 1.807) is 4.90 Å². The first-order valence-electron chi connectivity index (χ1n) is 10.6. The van der Waals surface area contributed by atoms with Gasteiger partial charge in [-0.25, -0.2) is 0 Å². The first kappa shape index (κ1) is 21.7. The fourth-order valence-electron chi connectivity index (χ4n) is 3.77. The molecule has 3 rings (SSSR count). The number of nitrogens with one attached hydrogen (secondary N) is 1. The van der Waals surface area contributed by atoms with Gasteiger partial charge in [0.1, 0.15) is 6.04 Å². The first-order valence-corrected chi connectivity index (χ1v) is 10.6. The van der Waals surface area contributed by atoms with E-state index >= 15 is 0 Å². The van der Waals surface area contributed by atoms with Crippen molar-refractivity contribution in [1.82, 2.24) is 5.32 Å². The number of nitrogens with zero attached hydrogens (tertiary/aromatic N) is 1. The number of carbonyl (C=O) groups excluding carboxylic acids is 2. The zero-order valence-corrected chi connectivity index (χ0v) is 17.9. The maximum Gasteiger partial charge on any atom is 0.243 e. The van der Waals surface area contributed by atoms with Crippen molar-refractivity contribution < 1.29 is 19.1 Å². The summed E-state index contributed by atoms with van der Waals surface area (Å²) in [5.74, 6) is 1.29. The van der Waals surface area contributed by atoms with Crippen LogP contribution in [0.1, 0.15) is 38.3 Å². The maximum atomic E-state index is 12.9. The summed E-state index contributed by atoms with van der Waals surface area (Å²) in [7, 11) is 0. The molecule has 0 saturated carbocycles. The van der Waals surface area contributed by atoms with Crippen molar-refractivity contribution in [3.63, 3.8) is 0 Å². The number of carbonyl (C=O) groups is 2. The Labute approximate surface area is 178 Å². The summed E-state index contributed by atoms with van der Waals surface area (Å²) < 4.78 is 11.3. The topological polar surface area (TPSA) is 67.9 Å². The molecule has 6 nitrogen and oxygen atoms in total. The molecule has 1 heterocycles. The Kier molecular flexibility index (Phi) is 7.33. The third-order valence-electron chi connectivity index (χ3n) is 5.17. The van der Waals surface area contributed by atoms with Gasteiger partial charge in [-0.1, -0.05) is 31.2 Å². The molecule has 160 valence electrons. The summed E-state index contributed by atoms with van der Waals surface area (Å²) in [5.41, 5.74) is 2.93. The minimum atomic E-state index is -0.492. The van der Waals surface area contributed by atoms with Crippen molar-refractivity contribution in [2.45, 2.75) is 46.1 Å². The summed E-state index contributed by atoms with van der Waals surface area (Å²) in [5, 5.41) is 3.00. The molecule has 0 saturated heterocycles. The molecule has 1 aliphatic rings. The number of hydrogen-bond acceptors (Lipinski definition) is 4. The van der Waals surface area contributed by atoms with Gasteiger partial charge in [0.05, 0.1) is 13.2 Å². The molecule has 0 fully saturated rings. The lowest BCUT2D eigenvalue weighted by atomic mass is 10.1. The second-order valence-corrected chi connectivity index (χ2v) is 7.15. The predicted molar refractivity (Wildman–Crippen MR) is 117 cm³/mol. The Morgan fingerprint density at radius 2 is 1.77 bits per heavy atom. The molecule has 2 aromatic carbocycles. The van der Waals surface area contributed by atoms with Gasteiger partial charge in [0.25, 0.3) is 0 Å². The van der Waals surface area contributed by atoms with Crippen molar-refractivity contribution in [2.24, 2.45) is 0 Å². The van der Waals surface area contributed by atoms with Crippen LogP contribution in [-0.2, 0) is 22.4 Å². The van der Waals surface area contributed by atoms with Gasteiger partial charge in [-0.3, -0.25) is 14.5 Å². The van der Waals surface area contributed by atoms with Crippen molar-refractivity contribution in [2.75, 3.05) is 24.7 Å². The fourth-order valence-corrected chi connectivity index (χ4v) is 3.77. The summed E-state index contributed by atoms with van der Waals surface area (Å²) in [6.07, 6.45) is 1.58.